The Kier molecular flexibility index (Phi) is 7.80. The average molecular weight is 486 g/mol. The summed E-state index contributed by atoms with van der Waals surface area (Å²) < 4.78 is 58.9. The molecule has 1 atom stereocenters. The third kappa shape index (κ3) is 5.95. The topological polar surface area (TPSA) is 97.8 Å². The second-order valence-corrected chi connectivity index (χ2v) is 10.9. The maximum absolute atomic E-state index is 13.3. The predicted molar refractivity (Wildman–Crippen MR) is 124 cm³/mol. The van der Waals surface area contributed by atoms with Crippen molar-refractivity contribution in [2.75, 3.05) is 0 Å². The molecule has 3 aromatic carbocycles. The summed E-state index contributed by atoms with van der Waals surface area (Å²) in [4.78, 5) is 11.8. The molecule has 0 spiro atoms. The lowest BCUT2D eigenvalue weighted by molar-refractivity contribution is -0.139. The fourth-order valence-corrected chi connectivity index (χ4v) is 7.01. The smallest absolute Gasteiger partial charge is 0.330 e. The van der Waals surface area contributed by atoms with Gasteiger partial charge in [0.15, 0.2) is 0 Å². The Morgan fingerprint density at radius 3 is 1.67 bits per heavy atom. The number of esters is 1. The molecule has 0 bridgehead atoms. The molecular formula is C24H23NO6S2. The minimum absolute atomic E-state index is 0.0345. The number of carbonyl (C=O) groups is 1. The molecule has 0 N–H and O–H groups in total. The highest BCUT2D eigenvalue weighted by molar-refractivity contribution is 8.04. The number of hydrogen-bond acceptors (Lipinski definition) is 6. The normalized spacial score (nSPS) is 13.2. The van der Waals surface area contributed by atoms with Crippen LogP contribution in [-0.4, -0.2) is 32.6 Å². The van der Waals surface area contributed by atoms with Crippen LogP contribution < -0.4 is 0 Å². The van der Waals surface area contributed by atoms with Crippen molar-refractivity contribution in [3.05, 3.63) is 109 Å². The molecule has 9 heteroatoms. The summed E-state index contributed by atoms with van der Waals surface area (Å²) in [5, 5.41) is 0. The molecule has 0 fully saturated rings. The number of hydrogen-bond donors (Lipinski definition) is 0. The first-order valence-corrected chi connectivity index (χ1v) is 12.9. The van der Waals surface area contributed by atoms with Crippen LogP contribution in [0.4, 0.5) is 0 Å². The van der Waals surface area contributed by atoms with Gasteiger partial charge in [-0.3, -0.25) is 0 Å². The lowest BCUT2D eigenvalue weighted by Gasteiger charge is -2.26. The molecule has 0 heterocycles. The number of nitrogens with zero attached hydrogens (tertiary/aromatic N) is 1. The van der Waals surface area contributed by atoms with Gasteiger partial charge in [0.2, 0.25) is 0 Å². The lowest BCUT2D eigenvalue weighted by Crippen LogP contribution is -2.42. The van der Waals surface area contributed by atoms with Crippen LogP contribution in [-0.2, 0) is 36.2 Å². The molecule has 172 valence electrons. The van der Waals surface area contributed by atoms with E-state index >= 15 is 0 Å². The molecule has 0 aliphatic carbocycles. The first-order chi connectivity index (χ1) is 15.7. The Morgan fingerprint density at radius 1 is 0.788 bits per heavy atom. The predicted octanol–water partition coefficient (Wildman–Crippen LogP) is 3.75. The molecule has 7 nitrogen and oxygen atoms in total. The molecule has 0 saturated carbocycles. The van der Waals surface area contributed by atoms with E-state index in [1.807, 2.05) is 18.2 Å². The summed E-state index contributed by atoms with van der Waals surface area (Å²) >= 11 is 0. The number of ether oxygens (including phenoxy) is 1. The van der Waals surface area contributed by atoms with Crippen LogP contribution >= 0.6 is 0 Å². The number of rotatable bonds is 9. The van der Waals surface area contributed by atoms with Gasteiger partial charge in [-0.05, 0) is 36.8 Å². The molecule has 33 heavy (non-hydrogen) atoms. The van der Waals surface area contributed by atoms with Crippen LogP contribution in [0.2, 0.25) is 0 Å². The summed E-state index contributed by atoms with van der Waals surface area (Å²) in [5.41, 5.74) is 0.784. The molecule has 0 radical (unpaired) electrons. The quantitative estimate of drug-likeness (QED) is 0.338. The Balaban J connectivity index is 1.90. The van der Waals surface area contributed by atoms with E-state index in [1.54, 1.807) is 24.3 Å². The van der Waals surface area contributed by atoms with Crippen LogP contribution in [0.25, 0.3) is 0 Å². The minimum Gasteiger partial charge on any atom is -0.458 e. The molecule has 0 aliphatic heterocycles. The summed E-state index contributed by atoms with van der Waals surface area (Å²) in [6, 6.07) is 22.3. The average Bonchev–Trinajstić information content (AvgIpc) is 2.83. The molecule has 3 rings (SSSR count). The highest BCUT2D eigenvalue weighted by Crippen LogP contribution is 2.27. The highest BCUT2D eigenvalue weighted by Gasteiger charge is 2.39. The van der Waals surface area contributed by atoms with Crippen LogP contribution in [0.5, 0.6) is 0 Å². The van der Waals surface area contributed by atoms with Gasteiger partial charge in [0.05, 0.1) is 15.8 Å². The van der Waals surface area contributed by atoms with E-state index in [4.69, 9.17) is 4.74 Å². The Bertz CT molecular complexity index is 1240. The fraction of sp³-hybridized carbons (Fsp3) is 0.125. The zero-order chi connectivity index (χ0) is 23.9. The number of benzene rings is 3. The SMILES string of the molecule is CC(/C=C/C(=O)OCc1ccccc1)N(S(=O)(=O)c1ccccc1)S(=O)(=O)c1ccccc1. The molecule has 3 aromatic rings. The van der Waals surface area contributed by atoms with Crippen molar-refractivity contribution in [3.63, 3.8) is 0 Å². The van der Waals surface area contributed by atoms with E-state index in [0.717, 1.165) is 11.6 Å². The Hall–Kier alpha value is -3.27. The van der Waals surface area contributed by atoms with E-state index in [1.165, 1.54) is 61.5 Å². The van der Waals surface area contributed by atoms with Gasteiger partial charge in [0.1, 0.15) is 6.61 Å². The minimum atomic E-state index is -4.47. The maximum Gasteiger partial charge on any atom is 0.330 e. The van der Waals surface area contributed by atoms with E-state index in [0.29, 0.717) is 3.71 Å². The molecule has 0 aliphatic rings. The van der Waals surface area contributed by atoms with Crippen molar-refractivity contribution in [2.45, 2.75) is 29.4 Å². The number of carbonyl (C=O) groups excluding carboxylic acids is 1. The van der Waals surface area contributed by atoms with Crippen LogP contribution in [0.15, 0.2) is 113 Å². The Labute approximate surface area is 194 Å². The second kappa shape index (κ2) is 10.6. The van der Waals surface area contributed by atoms with Crippen LogP contribution in [0.3, 0.4) is 0 Å². The lowest BCUT2D eigenvalue weighted by atomic mass is 10.2. The van der Waals surface area contributed by atoms with Gasteiger partial charge in [-0.25, -0.2) is 21.6 Å². The van der Waals surface area contributed by atoms with Gasteiger partial charge in [0, 0.05) is 6.08 Å². The first-order valence-electron chi connectivity index (χ1n) is 10.0. The highest BCUT2D eigenvalue weighted by atomic mass is 32.3. The molecule has 0 saturated heterocycles. The summed E-state index contributed by atoms with van der Waals surface area (Å²) in [7, 11) is -8.93. The zero-order valence-corrected chi connectivity index (χ0v) is 19.4. The first kappa shape index (κ1) is 24.4. The second-order valence-electron chi connectivity index (χ2n) is 7.05. The van der Waals surface area contributed by atoms with Gasteiger partial charge in [-0.15, -0.1) is 0 Å². The third-order valence-corrected chi connectivity index (χ3v) is 9.15. The Morgan fingerprint density at radius 2 is 1.21 bits per heavy atom. The van der Waals surface area contributed by atoms with Gasteiger partial charge in [-0.2, -0.15) is 0 Å². The van der Waals surface area contributed by atoms with Gasteiger partial charge >= 0.3 is 5.97 Å². The largest absolute Gasteiger partial charge is 0.458 e. The molecule has 1 unspecified atom stereocenters. The van der Waals surface area contributed by atoms with Crippen molar-refractivity contribution in [1.82, 2.24) is 3.71 Å². The van der Waals surface area contributed by atoms with Crippen molar-refractivity contribution in [3.8, 4) is 0 Å². The number of sulfonamides is 2. The van der Waals surface area contributed by atoms with Gasteiger partial charge < -0.3 is 4.74 Å². The monoisotopic (exact) mass is 485 g/mol. The van der Waals surface area contributed by atoms with Crippen molar-refractivity contribution >= 4 is 26.0 Å². The molecule has 0 aromatic heterocycles. The van der Waals surface area contributed by atoms with Crippen LogP contribution in [0, 0.1) is 0 Å². The van der Waals surface area contributed by atoms with Crippen molar-refractivity contribution in [1.29, 1.82) is 0 Å². The van der Waals surface area contributed by atoms with E-state index in [9.17, 15) is 21.6 Å². The summed E-state index contributed by atoms with van der Waals surface area (Å²) in [6.07, 6.45) is 2.22. The fourth-order valence-electron chi connectivity index (χ4n) is 3.02. The van der Waals surface area contributed by atoms with Crippen molar-refractivity contribution < 1.29 is 26.4 Å². The molecular weight excluding hydrogens is 462 g/mol. The zero-order valence-electron chi connectivity index (χ0n) is 17.8. The summed E-state index contributed by atoms with van der Waals surface area (Å²) in [6.45, 7) is 1.41. The maximum atomic E-state index is 13.3. The van der Waals surface area contributed by atoms with Crippen molar-refractivity contribution in [2.24, 2.45) is 0 Å². The van der Waals surface area contributed by atoms with Gasteiger partial charge in [0.25, 0.3) is 20.0 Å². The molecule has 0 amide bonds. The van der Waals surface area contributed by atoms with E-state index in [2.05, 4.69) is 0 Å². The summed E-state index contributed by atoms with van der Waals surface area (Å²) in [5.74, 6) is -0.722. The third-order valence-electron chi connectivity index (χ3n) is 4.62. The van der Waals surface area contributed by atoms with Crippen LogP contribution in [0.1, 0.15) is 12.5 Å². The van der Waals surface area contributed by atoms with E-state index in [-0.39, 0.29) is 16.4 Å². The standard InChI is InChI=1S/C24H23NO6S2/c1-20(17-18-24(26)31-19-21-11-5-2-6-12-21)25(32(27,28)22-13-7-3-8-14-22)33(29,30)23-15-9-4-10-16-23/h2-18,20H,19H2,1H3/b18-17+. The van der Waals surface area contributed by atoms with Gasteiger partial charge in [-0.1, -0.05) is 76.5 Å². The van der Waals surface area contributed by atoms with E-state index < -0.39 is 32.1 Å².